The fourth-order valence-corrected chi connectivity index (χ4v) is 8.07. The van der Waals surface area contributed by atoms with Gasteiger partial charge >= 0.3 is 0 Å². The van der Waals surface area contributed by atoms with Crippen molar-refractivity contribution in [2.75, 3.05) is 0 Å². The summed E-state index contributed by atoms with van der Waals surface area (Å²) >= 11 is 0. The molecule has 0 aromatic rings. The van der Waals surface area contributed by atoms with Gasteiger partial charge in [-0.05, 0) is 30.6 Å². The molecule has 1 saturated carbocycles. The molecule has 1 unspecified atom stereocenters. The van der Waals surface area contributed by atoms with E-state index < -0.39 is 8.07 Å². The number of aliphatic hydroxyl groups is 1. The molecule has 1 nitrogen and oxygen atoms in total. The van der Waals surface area contributed by atoms with E-state index >= 15 is 0 Å². The molecule has 22 heavy (non-hydrogen) atoms. The summed E-state index contributed by atoms with van der Waals surface area (Å²) in [5, 5.41) is 12.4. The highest BCUT2D eigenvalue weighted by Crippen LogP contribution is 2.37. The molecular formula is C20H40OSi. The lowest BCUT2D eigenvalue weighted by Crippen LogP contribution is -2.39. The summed E-state index contributed by atoms with van der Waals surface area (Å²) in [5.41, 5.74) is -0.0129. The quantitative estimate of drug-likeness (QED) is 0.542. The minimum absolute atomic E-state index is 0.0129. The Labute approximate surface area is 140 Å². The highest BCUT2D eigenvalue weighted by atomic mass is 28.3. The van der Waals surface area contributed by atoms with Gasteiger partial charge in [0.25, 0.3) is 0 Å². The number of hydrogen-bond acceptors (Lipinski definition) is 1. The molecule has 0 aromatic heterocycles. The molecule has 130 valence electrons. The molecule has 0 amide bonds. The second-order valence-corrected chi connectivity index (χ2v) is 13.8. The average molecular weight is 325 g/mol. The molecular weight excluding hydrogens is 284 g/mol. The van der Waals surface area contributed by atoms with Gasteiger partial charge in [0.1, 0.15) is 0 Å². The third-order valence-corrected chi connectivity index (χ3v) is 12.0. The Bertz CT molecular complexity index is 335. The zero-order chi connectivity index (χ0) is 16.8. The van der Waals surface area contributed by atoms with Crippen LogP contribution in [0, 0.1) is 11.3 Å². The van der Waals surface area contributed by atoms with Gasteiger partial charge in [0.15, 0.2) is 0 Å². The summed E-state index contributed by atoms with van der Waals surface area (Å²) in [5.74, 6) is 0.785. The second-order valence-electron chi connectivity index (χ2n) is 8.52. The van der Waals surface area contributed by atoms with E-state index in [1.807, 2.05) is 0 Å². The van der Waals surface area contributed by atoms with E-state index in [0.29, 0.717) is 0 Å². The second kappa shape index (κ2) is 8.68. The van der Waals surface area contributed by atoms with Crippen LogP contribution in [0.5, 0.6) is 0 Å². The van der Waals surface area contributed by atoms with Crippen molar-refractivity contribution < 1.29 is 5.11 Å². The Morgan fingerprint density at radius 1 is 1.05 bits per heavy atom. The molecule has 0 bridgehead atoms. The standard InChI is InChI=1S/C20H40OSi/c1-7-22(8-2,9-3)18(16-19(21)20(4,5)6)15-17-13-11-10-12-14-17/h15,17,19,21H,7-14,16H2,1-6H3/b18-15+. The Kier molecular flexibility index (Phi) is 7.88. The van der Waals surface area contributed by atoms with E-state index in [0.717, 1.165) is 12.3 Å². The maximum Gasteiger partial charge on any atom is 0.0804 e. The SMILES string of the molecule is CC[Si](CC)(CC)/C(=C/C1CCCCC1)CC(O)C(C)(C)C. The van der Waals surface area contributed by atoms with Gasteiger partial charge in [-0.2, -0.15) is 0 Å². The maximum absolute atomic E-state index is 10.7. The predicted octanol–water partition coefficient (Wildman–Crippen LogP) is 6.34. The van der Waals surface area contributed by atoms with Gasteiger partial charge in [0, 0.05) is 0 Å². The van der Waals surface area contributed by atoms with Crippen LogP contribution in [0.4, 0.5) is 0 Å². The summed E-state index contributed by atoms with van der Waals surface area (Å²) in [6.07, 6.45) is 10.3. The van der Waals surface area contributed by atoms with E-state index in [-0.39, 0.29) is 11.5 Å². The number of allylic oxidation sites excluding steroid dienone is 1. The number of aliphatic hydroxyl groups excluding tert-OH is 1. The van der Waals surface area contributed by atoms with E-state index in [2.05, 4.69) is 47.6 Å². The van der Waals surface area contributed by atoms with Crippen molar-refractivity contribution in [2.24, 2.45) is 11.3 Å². The van der Waals surface area contributed by atoms with Gasteiger partial charge in [-0.1, -0.05) is 90.2 Å². The molecule has 1 rings (SSSR count). The first-order valence-electron chi connectivity index (χ1n) is 9.68. The van der Waals surface area contributed by atoms with Gasteiger partial charge in [0.05, 0.1) is 14.2 Å². The molecule has 0 aliphatic heterocycles. The van der Waals surface area contributed by atoms with E-state index in [9.17, 15) is 5.11 Å². The van der Waals surface area contributed by atoms with Crippen molar-refractivity contribution in [3.05, 3.63) is 11.3 Å². The Balaban J connectivity index is 3.05. The van der Waals surface area contributed by atoms with Gasteiger partial charge in [-0.15, -0.1) is 0 Å². The van der Waals surface area contributed by atoms with E-state index in [4.69, 9.17) is 0 Å². The zero-order valence-electron chi connectivity index (χ0n) is 16.0. The molecule has 1 N–H and O–H groups in total. The van der Waals surface area contributed by atoms with Crippen molar-refractivity contribution >= 4 is 8.07 Å². The normalized spacial score (nSPS) is 20.2. The van der Waals surface area contributed by atoms with Crippen LogP contribution in [0.15, 0.2) is 11.3 Å². The first-order valence-corrected chi connectivity index (χ1v) is 12.3. The van der Waals surface area contributed by atoms with Crippen molar-refractivity contribution in [1.29, 1.82) is 0 Å². The molecule has 0 saturated heterocycles. The van der Waals surface area contributed by atoms with Crippen LogP contribution in [0.3, 0.4) is 0 Å². The number of rotatable bonds is 7. The van der Waals surface area contributed by atoms with E-state index in [1.165, 1.54) is 50.2 Å². The minimum Gasteiger partial charge on any atom is -0.392 e. The Morgan fingerprint density at radius 2 is 1.55 bits per heavy atom. The third kappa shape index (κ3) is 5.23. The molecule has 0 heterocycles. The molecule has 2 heteroatoms. The molecule has 1 atom stereocenters. The van der Waals surface area contributed by atoms with Crippen LogP contribution in [0.2, 0.25) is 18.1 Å². The average Bonchev–Trinajstić information content (AvgIpc) is 2.49. The zero-order valence-corrected chi connectivity index (χ0v) is 17.0. The molecule has 1 fully saturated rings. The Hall–Kier alpha value is -0.0831. The summed E-state index contributed by atoms with van der Waals surface area (Å²) in [7, 11) is -1.37. The monoisotopic (exact) mass is 324 g/mol. The molecule has 0 aromatic carbocycles. The van der Waals surface area contributed by atoms with Crippen LogP contribution in [-0.2, 0) is 0 Å². The topological polar surface area (TPSA) is 20.2 Å². The fraction of sp³-hybridized carbons (Fsp3) is 0.900. The van der Waals surface area contributed by atoms with Gasteiger partial charge < -0.3 is 5.11 Å². The highest BCUT2D eigenvalue weighted by Gasteiger charge is 2.35. The highest BCUT2D eigenvalue weighted by molar-refractivity contribution is 6.86. The first kappa shape index (κ1) is 20.0. The van der Waals surface area contributed by atoms with Gasteiger partial charge in [-0.25, -0.2) is 0 Å². The van der Waals surface area contributed by atoms with Crippen LogP contribution in [-0.4, -0.2) is 19.3 Å². The third-order valence-electron chi connectivity index (χ3n) is 6.21. The molecule has 0 radical (unpaired) electrons. The lowest BCUT2D eigenvalue weighted by Gasteiger charge is -2.37. The summed E-state index contributed by atoms with van der Waals surface area (Å²) in [6.45, 7) is 13.7. The Morgan fingerprint density at radius 3 is 1.95 bits per heavy atom. The van der Waals surface area contributed by atoms with Crippen LogP contribution >= 0.6 is 0 Å². The van der Waals surface area contributed by atoms with Crippen LogP contribution < -0.4 is 0 Å². The summed E-state index contributed by atoms with van der Waals surface area (Å²) in [6, 6.07) is 3.99. The van der Waals surface area contributed by atoms with Crippen LogP contribution in [0.1, 0.15) is 80.1 Å². The largest absolute Gasteiger partial charge is 0.392 e. The van der Waals surface area contributed by atoms with Gasteiger partial charge in [0.2, 0.25) is 0 Å². The fourth-order valence-electron chi connectivity index (χ4n) is 3.99. The van der Waals surface area contributed by atoms with E-state index in [1.54, 1.807) is 5.20 Å². The lowest BCUT2D eigenvalue weighted by atomic mass is 9.85. The van der Waals surface area contributed by atoms with Crippen molar-refractivity contribution in [2.45, 2.75) is 104 Å². The first-order chi connectivity index (χ1) is 10.3. The molecule has 0 spiro atoms. The lowest BCUT2D eigenvalue weighted by molar-refractivity contribution is 0.0645. The van der Waals surface area contributed by atoms with Gasteiger partial charge in [-0.3, -0.25) is 0 Å². The summed E-state index contributed by atoms with van der Waals surface area (Å²) < 4.78 is 0. The summed E-state index contributed by atoms with van der Waals surface area (Å²) in [4.78, 5) is 0. The number of hydrogen-bond donors (Lipinski definition) is 1. The maximum atomic E-state index is 10.7. The predicted molar refractivity (Wildman–Crippen MR) is 102 cm³/mol. The van der Waals surface area contributed by atoms with Crippen molar-refractivity contribution in [3.63, 3.8) is 0 Å². The minimum atomic E-state index is -1.37. The molecule has 1 aliphatic rings. The van der Waals surface area contributed by atoms with Crippen molar-refractivity contribution in [3.8, 4) is 0 Å². The smallest absolute Gasteiger partial charge is 0.0804 e. The van der Waals surface area contributed by atoms with Crippen LogP contribution in [0.25, 0.3) is 0 Å². The van der Waals surface area contributed by atoms with Crippen molar-refractivity contribution in [1.82, 2.24) is 0 Å². The molecule has 1 aliphatic carbocycles.